The molecule has 0 aliphatic carbocycles. The summed E-state index contributed by atoms with van der Waals surface area (Å²) in [4.78, 5) is 8.82. The molecule has 0 aliphatic rings. The predicted molar refractivity (Wildman–Crippen MR) is 105 cm³/mol. The van der Waals surface area contributed by atoms with Crippen molar-refractivity contribution in [2.75, 3.05) is 13.2 Å². The van der Waals surface area contributed by atoms with Gasteiger partial charge in [0.05, 0.1) is 0 Å². The van der Waals surface area contributed by atoms with E-state index in [1.807, 2.05) is 13.8 Å². The van der Waals surface area contributed by atoms with E-state index in [1.165, 1.54) is 17.0 Å². The van der Waals surface area contributed by atoms with Gasteiger partial charge in [0, 0.05) is 13.2 Å². The Morgan fingerprint density at radius 3 is 1.42 bits per heavy atom. The second-order valence-corrected chi connectivity index (χ2v) is 9.76. The number of ether oxygens (including phenoxy) is 1. The minimum Gasteiger partial charge on any atom is -0.382 e. The van der Waals surface area contributed by atoms with E-state index in [-0.39, 0.29) is 0 Å². The second-order valence-electron chi connectivity index (χ2n) is 2.92. The van der Waals surface area contributed by atoms with E-state index in [2.05, 4.69) is 90.1 Å². The van der Waals surface area contributed by atoms with Crippen LogP contribution >= 0.6 is 70.4 Å². The second kappa shape index (κ2) is 13.8. The fourth-order valence-corrected chi connectivity index (χ4v) is 7.53. The van der Waals surface area contributed by atoms with Crippen molar-refractivity contribution in [1.82, 2.24) is 0 Å². The molecule has 7 heteroatoms. The van der Waals surface area contributed by atoms with Crippen molar-refractivity contribution in [1.29, 1.82) is 0 Å². The van der Waals surface area contributed by atoms with Gasteiger partial charge in [-0.3, -0.25) is 0 Å². The van der Waals surface area contributed by atoms with Gasteiger partial charge in [-0.05, 0) is 13.8 Å². The van der Waals surface area contributed by atoms with Crippen molar-refractivity contribution in [2.45, 2.75) is 13.8 Å². The topological polar surface area (TPSA) is 9.23 Å². The standard InChI is InChI=1S/C4H2Br2Se.C4H2BrISe.C4H10O/c2*5-3-1-7-2-4(3)6;1-3-5-4-2/h2*1-2H;3-4H2,1-2H3. The molecule has 0 bridgehead atoms. The van der Waals surface area contributed by atoms with E-state index in [0.29, 0.717) is 29.0 Å². The van der Waals surface area contributed by atoms with Crippen molar-refractivity contribution < 1.29 is 4.74 Å². The van der Waals surface area contributed by atoms with Gasteiger partial charge < -0.3 is 4.74 Å². The molecule has 0 aliphatic heterocycles. The van der Waals surface area contributed by atoms with E-state index >= 15 is 0 Å². The van der Waals surface area contributed by atoms with Gasteiger partial charge in [0.25, 0.3) is 0 Å². The Morgan fingerprint density at radius 2 is 1.32 bits per heavy atom. The van der Waals surface area contributed by atoms with Crippen molar-refractivity contribution >= 4 is 99.4 Å². The number of rotatable bonds is 2. The van der Waals surface area contributed by atoms with Crippen LogP contribution in [0.4, 0.5) is 0 Å². The van der Waals surface area contributed by atoms with E-state index in [9.17, 15) is 0 Å². The first-order chi connectivity index (χ1) is 9.02. The Hall–Kier alpha value is 2.13. The summed E-state index contributed by atoms with van der Waals surface area (Å²) in [5, 5.41) is 0. The minimum absolute atomic E-state index is 0.595. The van der Waals surface area contributed by atoms with Crippen LogP contribution in [0.1, 0.15) is 13.8 Å². The van der Waals surface area contributed by atoms with Gasteiger partial charge in [0.15, 0.2) is 0 Å². The third kappa shape index (κ3) is 11.4. The Balaban J connectivity index is 0.000000261. The molecule has 0 aromatic carbocycles. The molecular formula is C12H14Br3IOSe2. The van der Waals surface area contributed by atoms with Gasteiger partial charge in [0.1, 0.15) is 0 Å². The molecule has 108 valence electrons. The van der Waals surface area contributed by atoms with Crippen LogP contribution in [0.5, 0.6) is 0 Å². The first-order valence-corrected chi connectivity index (χ1v) is 12.8. The summed E-state index contributed by atoms with van der Waals surface area (Å²) >= 11 is 13.7. The summed E-state index contributed by atoms with van der Waals surface area (Å²) < 4.78 is 9.87. The molecule has 2 aromatic heterocycles. The molecule has 0 N–H and O–H groups in total. The number of halogens is 4. The molecule has 0 fully saturated rings. The van der Waals surface area contributed by atoms with E-state index in [1.54, 1.807) is 0 Å². The van der Waals surface area contributed by atoms with Gasteiger partial charge in [-0.1, -0.05) is 0 Å². The smallest absolute Gasteiger partial charge is 0.0437 e. The van der Waals surface area contributed by atoms with Gasteiger partial charge >= 0.3 is 136 Å². The molecule has 2 aromatic rings. The summed E-state index contributed by atoms with van der Waals surface area (Å²) in [6, 6.07) is 0. The van der Waals surface area contributed by atoms with Crippen LogP contribution in [-0.2, 0) is 4.74 Å². The molecule has 2 rings (SSSR count). The monoisotopic (exact) mass is 698 g/mol. The Morgan fingerprint density at radius 1 is 0.895 bits per heavy atom. The molecule has 0 saturated heterocycles. The van der Waals surface area contributed by atoms with E-state index in [0.717, 1.165) is 13.2 Å². The van der Waals surface area contributed by atoms with Crippen molar-refractivity contribution in [3.8, 4) is 0 Å². The van der Waals surface area contributed by atoms with Gasteiger partial charge in [0.2, 0.25) is 0 Å². The average molecular weight is 699 g/mol. The van der Waals surface area contributed by atoms with Gasteiger partial charge in [-0.15, -0.1) is 0 Å². The van der Waals surface area contributed by atoms with Crippen LogP contribution < -0.4 is 0 Å². The average Bonchev–Trinajstić information content (AvgIpc) is 2.93. The molecule has 0 amide bonds. The first-order valence-electron chi connectivity index (χ1n) is 5.35. The van der Waals surface area contributed by atoms with Crippen LogP contribution in [0.2, 0.25) is 0 Å². The fraction of sp³-hybridized carbons (Fsp3) is 0.333. The van der Waals surface area contributed by atoms with Gasteiger partial charge in [-0.25, -0.2) is 0 Å². The number of hydrogen-bond donors (Lipinski definition) is 0. The molecule has 0 saturated carbocycles. The van der Waals surface area contributed by atoms with Crippen molar-refractivity contribution in [3.63, 3.8) is 0 Å². The zero-order valence-electron chi connectivity index (χ0n) is 10.5. The number of hydrogen-bond acceptors (Lipinski definition) is 1. The normalized spacial score (nSPS) is 9.16. The van der Waals surface area contributed by atoms with Gasteiger partial charge in [-0.2, -0.15) is 0 Å². The van der Waals surface area contributed by atoms with Crippen molar-refractivity contribution in [3.05, 3.63) is 36.7 Å². The summed E-state index contributed by atoms with van der Waals surface area (Å²) in [5.74, 6) is 0. The van der Waals surface area contributed by atoms with Crippen LogP contribution in [-0.4, -0.2) is 42.2 Å². The van der Waals surface area contributed by atoms with Crippen LogP contribution in [0.25, 0.3) is 0 Å². The largest absolute Gasteiger partial charge is 0.382 e. The summed E-state index contributed by atoms with van der Waals surface area (Å²) in [6.07, 6.45) is 0. The molecule has 1 nitrogen and oxygen atoms in total. The van der Waals surface area contributed by atoms with E-state index < -0.39 is 0 Å². The Labute approximate surface area is 165 Å². The van der Waals surface area contributed by atoms with Crippen LogP contribution in [0, 0.1) is 3.57 Å². The Bertz CT molecular complexity index is 372. The fourth-order valence-electron chi connectivity index (χ4n) is 0.736. The third-order valence-corrected chi connectivity index (χ3v) is 11.8. The molecule has 0 spiro atoms. The third-order valence-electron chi connectivity index (χ3n) is 1.55. The quantitative estimate of drug-likeness (QED) is 0.301. The molecule has 0 atom stereocenters. The Kier molecular flexibility index (Phi) is 15.3. The van der Waals surface area contributed by atoms with Crippen LogP contribution in [0.3, 0.4) is 0 Å². The van der Waals surface area contributed by atoms with Crippen LogP contribution in [0.15, 0.2) is 33.2 Å². The molecule has 0 unspecified atom stereocenters. The molecule has 2 heterocycles. The maximum absolute atomic E-state index is 4.83. The first kappa shape index (κ1) is 21.1. The molecule has 0 radical (unpaired) electrons. The molecular weight excluding hydrogens is 685 g/mol. The predicted octanol–water partition coefficient (Wildman–Crippen LogP) is 5.42. The maximum Gasteiger partial charge on any atom is 0.0437 e. The van der Waals surface area contributed by atoms with Crippen molar-refractivity contribution in [2.24, 2.45) is 0 Å². The summed E-state index contributed by atoms with van der Waals surface area (Å²) in [7, 11) is 0. The zero-order chi connectivity index (χ0) is 14.7. The zero-order valence-corrected chi connectivity index (χ0v) is 20.8. The summed E-state index contributed by atoms with van der Waals surface area (Å²) in [5.41, 5.74) is 0. The van der Waals surface area contributed by atoms with E-state index in [4.69, 9.17) is 4.74 Å². The molecule has 19 heavy (non-hydrogen) atoms. The SMILES string of the molecule is Brc1c[se]cc1Br.Brc1c[se]cc1I.CCOCC. The summed E-state index contributed by atoms with van der Waals surface area (Å²) in [6.45, 7) is 5.67. The minimum atomic E-state index is 0.595. The maximum atomic E-state index is 4.83.